The third kappa shape index (κ3) is 2.92. The summed E-state index contributed by atoms with van der Waals surface area (Å²) < 4.78 is 17.8. The van der Waals surface area contributed by atoms with E-state index in [9.17, 15) is 9.18 Å². The molecule has 0 amide bonds. The molecule has 0 aliphatic carbocycles. The van der Waals surface area contributed by atoms with Gasteiger partial charge in [-0.1, -0.05) is 27.5 Å². The molecule has 1 aromatic rings. The van der Waals surface area contributed by atoms with E-state index in [0.29, 0.717) is 10.9 Å². The molecule has 82 valence electrons. The molecule has 0 spiro atoms. The molecule has 0 saturated heterocycles. The van der Waals surface area contributed by atoms with Crippen LogP contribution < -0.4 is 0 Å². The maximum Gasteiger partial charge on any atom is 0.339 e. The summed E-state index contributed by atoms with van der Waals surface area (Å²) in [4.78, 5) is 11.5. The van der Waals surface area contributed by atoms with Crippen LogP contribution in [0.3, 0.4) is 0 Å². The standard InChI is InChI=1S/C10H9BrClFO2/c1-2-15-10(14)9-6(5-11)3-7(13)4-8(9)12/h3-4H,2,5H2,1H3. The van der Waals surface area contributed by atoms with E-state index in [0.717, 1.165) is 6.07 Å². The largest absolute Gasteiger partial charge is 0.462 e. The van der Waals surface area contributed by atoms with Gasteiger partial charge in [0.25, 0.3) is 0 Å². The second kappa shape index (κ2) is 5.47. The Morgan fingerprint density at radius 2 is 2.27 bits per heavy atom. The fourth-order valence-corrected chi connectivity index (χ4v) is 1.91. The number of rotatable bonds is 3. The number of hydrogen-bond acceptors (Lipinski definition) is 2. The van der Waals surface area contributed by atoms with E-state index in [4.69, 9.17) is 16.3 Å². The molecular weight excluding hydrogens is 286 g/mol. The van der Waals surface area contributed by atoms with Crippen molar-refractivity contribution in [1.29, 1.82) is 0 Å². The Hall–Kier alpha value is -0.610. The lowest BCUT2D eigenvalue weighted by molar-refractivity contribution is 0.0525. The Labute approximate surface area is 101 Å². The Bertz CT molecular complexity index is 382. The number of carbonyl (C=O) groups is 1. The van der Waals surface area contributed by atoms with Gasteiger partial charge in [-0.15, -0.1) is 0 Å². The maximum atomic E-state index is 13.0. The maximum absolute atomic E-state index is 13.0. The first kappa shape index (κ1) is 12.5. The van der Waals surface area contributed by atoms with Crippen LogP contribution in [0.2, 0.25) is 5.02 Å². The van der Waals surface area contributed by atoms with E-state index in [1.54, 1.807) is 6.92 Å². The van der Waals surface area contributed by atoms with Crippen LogP contribution in [0.1, 0.15) is 22.8 Å². The molecule has 15 heavy (non-hydrogen) atoms. The second-order valence-corrected chi connectivity index (χ2v) is 3.74. The second-order valence-electron chi connectivity index (χ2n) is 2.78. The van der Waals surface area contributed by atoms with Gasteiger partial charge >= 0.3 is 5.97 Å². The van der Waals surface area contributed by atoms with Gasteiger partial charge in [0.2, 0.25) is 0 Å². The van der Waals surface area contributed by atoms with Crippen molar-refractivity contribution in [1.82, 2.24) is 0 Å². The van der Waals surface area contributed by atoms with Crippen LogP contribution in [0.4, 0.5) is 4.39 Å². The van der Waals surface area contributed by atoms with Crippen LogP contribution in [0.15, 0.2) is 12.1 Å². The SMILES string of the molecule is CCOC(=O)c1c(Cl)cc(F)cc1CBr. The van der Waals surface area contributed by atoms with Gasteiger partial charge in [0, 0.05) is 5.33 Å². The van der Waals surface area contributed by atoms with Crippen molar-refractivity contribution < 1.29 is 13.9 Å². The lowest BCUT2D eigenvalue weighted by Gasteiger charge is -2.08. The quantitative estimate of drug-likeness (QED) is 0.629. The zero-order valence-electron chi connectivity index (χ0n) is 8.02. The summed E-state index contributed by atoms with van der Waals surface area (Å²) in [6.07, 6.45) is 0. The van der Waals surface area contributed by atoms with Gasteiger partial charge in [0.1, 0.15) is 5.82 Å². The monoisotopic (exact) mass is 294 g/mol. The zero-order chi connectivity index (χ0) is 11.4. The zero-order valence-corrected chi connectivity index (χ0v) is 10.4. The number of carbonyl (C=O) groups excluding carboxylic acids is 1. The van der Waals surface area contributed by atoms with Crippen molar-refractivity contribution in [3.05, 3.63) is 34.1 Å². The normalized spacial score (nSPS) is 10.1. The van der Waals surface area contributed by atoms with Gasteiger partial charge in [0.05, 0.1) is 17.2 Å². The molecule has 0 bridgehead atoms. The van der Waals surface area contributed by atoms with Gasteiger partial charge in [-0.3, -0.25) is 0 Å². The van der Waals surface area contributed by atoms with Gasteiger partial charge in [0.15, 0.2) is 0 Å². The topological polar surface area (TPSA) is 26.3 Å². The van der Waals surface area contributed by atoms with E-state index in [-0.39, 0.29) is 17.2 Å². The minimum Gasteiger partial charge on any atom is -0.462 e. The molecular formula is C10H9BrClFO2. The van der Waals surface area contributed by atoms with Crippen molar-refractivity contribution in [2.75, 3.05) is 6.61 Å². The highest BCUT2D eigenvalue weighted by molar-refractivity contribution is 9.08. The van der Waals surface area contributed by atoms with Crippen LogP contribution in [0, 0.1) is 5.82 Å². The van der Waals surface area contributed by atoms with E-state index >= 15 is 0 Å². The van der Waals surface area contributed by atoms with Crippen LogP contribution in [-0.2, 0) is 10.1 Å². The number of esters is 1. The minimum absolute atomic E-state index is 0.0721. The number of ether oxygens (including phenoxy) is 1. The highest BCUT2D eigenvalue weighted by atomic mass is 79.9. The van der Waals surface area contributed by atoms with E-state index < -0.39 is 11.8 Å². The molecule has 0 fully saturated rings. The smallest absolute Gasteiger partial charge is 0.339 e. The summed E-state index contributed by atoms with van der Waals surface area (Å²) in [6, 6.07) is 2.35. The highest BCUT2D eigenvalue weighted by Crippen LogP contribution is 2.24. The summed E-state index contributed by atoms with van der Waals surface area (Å²) in [7, 11) is 0. The first-order valence-electron chi connectivity index (χ1n) is 4.31. The third-order valence-electron chi connectivity index (χ3n) is 1.76. The van der Waals surface area contributed by atoms with Gasteiger partial charge < -0.3 is 4.74 Å². The van der Waals surface area contributed by atoms with Crippen molar-refractivity contribution >= 4 is 33.5 Å². The van der Waals surface area contributed by atoms with Crippen LogP contribution in [0.25, 0.3) is 0 Å². The van der Waals surface area contributed by atoms with Crippen molar-refractivity contribution in [2.24, 2.45) is 0 Å². The number of benzene rings is 1. The Morgan fingerprint density at radius 3 is 2.80 bits per heavy atom. The molecule has 0 aliphatic heterocycles. The Balaban J connectivity index is 3.20. The van der Waals surface area contributed by atoms with Gasteiger partial charge in [-0.05, 0) is 24.6 Å². The number of alkyl halides is 1. The molecule has 1 aromatic carbocycles. The third-order valence-corrected chi connectivity index (χ3v) is 2.66. The number of halogens is 3. The van der Waals surface area contributed by atoms with Crippen molar-refractivity contribution in [2.45, 2.75) is 12.3 Å². The summed E-state index contributed by atoms with van der Waals surface area (Å²) >= 11 is 8.95. The molecule has 0 aliphatic rings. The molecule has 0 aromatic heterocycles. The van der Waals surface area contributed by atoms with E-state index in [1.165, 1.54) is 6.07 Å². The van der Waals surface area contributed by atoms with Crippen molar-refractivity contribution in [3.8, 4) is 0 Å². The first-order valence-corrected chi connectivity index (χ1v) is 5.81. The molecule has 0 atom stereocenters. The van der Waals surface area contributed by atoms with E-state index in [2.05, 4.69) is 15.9 Å². The molecule has 0 saturated carbocycles. The lowest BCUT2D eigenvalue weighted by Crippen LogP contribution is -2.08. The summed E-state index contributed by atoms with van der Waals surface area (Å²) in [5.41, 5.74) is 0.704. The molecule has 0 N–H and O–H groups in total. The fourth-order valence-electron chi connectivity index (χ4n) is 1.16. The van der Waals surface area contributed by atoms with Crippen LogP contribution in [-0.4, -0.2) is 12.6 Å². The minimum atomic E-state index is -0.531. The number of hydrogen-bond donors (Lipinski definition) is 0. The summed E-state index contributed by atoms with van der Waals surface area (Å²) in [5.74, 6) is -1.00. The Morgan fingerprint density at radius 1 is 1.60 bits per heavy atom. The van der Waals surface area contributed by atoms with Crippen LogP contribution >= 0.6 is 27.5 Å². The highest BCUT2D eigenvalue weighted by Gasteiger charge is 2.17. The van der Waals surface area contributed by atoms with Gasteiger partial charge in [-0.25, -0.2) is 9.18 Å². The fraction of sp³-hybridized carbons (Fsp3) is 0.300. The predicted molar refractivity (Wildman–Crippen MR) is 60.0 cm³/mol. The first-order chi connectivity index (χ1) is 7.10. The predicted octanol–water partition coefficient (Wildman–Crippen LogP) is 3.55. The molecule has 5 heteroatoms. The molecule has 0 heterocycles. The average molecular weight is 296 g/mol. The Kier molecular flexibility index (Phi) is 4.54. The van der Waals surface area contributed by atoms with Crippen molar-refractivity contribution in [3.63, 3.8) is 0 Å². The van der Waals surface area contributed by atoms with Gasteiger partial charge in [-0.2, -0.15) is 0 Å². The average Bonchev–Trinajstić information content (AvgIpc) is 2.16. The summed E-state index contributed by atoms with van der Waals surface area (Å²) in [6.45, 7) is 1.96. The molecule has 0 radical (unpaired) electrons. The molecule has 0 unspecified atom stereocenters. The van der Waals surface area contributed by atoms with E-state index in [1.807, 2.05) is 0 Å². The lowest BCUT2D eigenvalue weighted by atomic mass is 10.1. The van der Waals surface area contributed by atoms with Crippen LogP contribution in [0.5, 0.6) is 0 Å². The molecule has 2 nitrogen and oxygen atoms in total. The summed E-state index contributed by atoms with van der Waals surface area (Å²) in [5, 5.41) is 0.418. The molecule has 1 rings (SSSR count).